The lowest BCUT2D eigenvalue weighted by atomic mass is 10.0. The molecule has 0 spiro atoms. The molecule has 0 amide bonds. The van der Waals surface area contributed by atoms with Gasteiger partial charge in [-0.1, -0.05) is 30.7 Å². The van der Waals surface area contributed by atoms with E-state index in [1.54, 1.807) is 19.2 Å². The van der Waals surface area contributed by atoms with E-state index >= 15 is 0 Å². The van der Waals surface area contributed by atoms with Crippen LogP contribution in [0.25, 0.3) is 11.3 Å². The average Bonchev–Trinajstić information content (AvgIpc) is 2.58. The molecule has 3 rings (SSSR count). The van der Waals surface area contributed by atoms with Crippen molar-refractivity contribution in [3.8, 4) is 11.3 Å². The summed E-state index contributed by atoms with van der Waals surface area (Å²) in [4.78, 5) is 14.0. The van der Waals surface area contributed by atoms with Crippen molar-refractivity contribution in [3.63, 3.8) is 0 Å². The number of hydrogen-bond donors (Lipinski definition) is 0. The lowest BCUT2D eigenvalue weighted by molar-refractivity contribution is 0.175. The summed E-state index contributed by atoms with van der Waals surface area (Å²) in [6, 6.07) is 12.4. The Bertz CT molecular complexity index is 684. The second-order valence-electron chi connectivity index (χ2n) is 6.08. The van der Waals surface area contributed by atoms with Gasteiger partial charge in [0.2, 0.25) is 0 Å². The smallest absolute Gasteiger partial charge is 0.266 e. The molecule has 4 nitrogen and oxygen atoms in total. The van der Waals surface area contributed by atoms with E-state index in [9.17, 15) is 4.79 Å². The van der Waals surface area contributed by atoms with Gasteiger partial charge in [-0.25, -0.2) is 4.68 Å². The first-order valence-electron chi connectivity index (χ1n) is 8.04. The molecule has 116 valence electrons. The monoisotopic (exact) mass is 297 g/mol. The summed E-state index contributed by atoms with van der Waals surface area (Å²) in [6.07, 6.45) is 3.98. The molecule has 1 unspecified atom stereocenters. The fourth-order valence-electron chi connectivity index (χ4n) is 3.11. The van der Waals surface area contributed by atoms with Crippen LogP contribution in [0.2, 0.25) is 0 Å². The molecule has 1 fully saturated rings. The molecule has 22 heavy (non-hydrogen) atoms. The van der Waals surface area contributed by atoms with Crippen LogP contribution in [0.4, 0.5) is 0 Å². The van der Waals surface area contributed by atoms with Crippen LogP contribution in [-0.2, 0) is 7.05 Å². The maximum atomic E-state index is 11.4. The van der Waals surface area contributed by atoms with E-state index in [4.69, 9.17) is 0 Å². The molecule has 0 saturated carbocycles. The first-order valence-corrected chi connectivity index (χ1v) is 8.04. The van der Waals surface area contributed by atoms with E-state index in [-0.39, 0.29) is 5.56 Å². The van der Waals surface area contributed by atoms with E-state index in [1.807, 2.05) is 0 Å². The summed E-state index contributed by atoms with van der Waals surface area (Å²) < 4.78 is 1.37. The number of likely N-dealkylation sites (tertiary alicyclic amines) is 1. The van der Waals surface area contributed by atoms with E-state index in [2.05, 4.69) is 41.2 Å². The standard InChI is InChI=1S/C18H23N3O/c1-14(21-12-4-3-5-13-21)15-6-8-16(9-7-15)17-10-11-18(22)20(2)19-17/h6-11,14H,3-5,12-13H2,1-2H3. The number of nitrogens with zero attached hydrogens (tertiary/aromatic N) is 3. The predicted octanol–water partition coefficient (Wildman–Crippen LogP) is 2.99. The van der Waals surface area contributed by atoms with Crippen LogP contribution >= 0.6 is 0 Å². The van der Waals surface area contributed by atoms with Gasteiger partial charge in [-0.15, -0.1) is 0 Å². The Labute approximate surface area is 131 Å². The lowest BCUT2D eigenvalue weighted by Crippen LogP contribution is -2.32. The van der Waals surface area contributed by atoms with Crippen LogP contribution in [0.5, 0.6) is 0 Å². The van der Waals surface area contributed by atoms with Crippen LogP contribution < -0.4 is 5.56 Å². The molecule has 1 aromatic heterocycles. The van der Waals surface area contributed by atoms with Gasteiger partial charge >= 0.3 is 0 Å². The first-order chi connectivity index (χ1) is 10.6. The number of rotatable bonds is 3. The highest BCUT2D eigenvalue weighted by Gasteiger charge is 2.18. The van der Waals surface area contributed by atoms with Gasteiger partial charge in [0.1, 0.15) is 0 Å². The summed E-state index contributed by atoms with van der Waals surface area (Å²) in [7, 11) is 1.68. The molecule has 1 aliphatic rings. The van der Waals surface area contributed by atoms with Crippen LogP contribution in [0, 0.1) is 0 Å². The Morgan fingerprint density at radius 1 is 1.00 bits per heavy atom. The van der Waals surface area contributed by atoms with Crippen molar-refractivity contribution in [2.24, 2.45) is 7.05 Å². The summed E-state index contributed by atoms with van der Waals surface area (Å²) in [6.45, 7) is 4.68. The third kappa shape index (κ3) is 3.12. The molecular formula is C18H23N3O. The summed E-state index contributed by atoms with van der Waals surface area (Å²) in [5, 5.41) is 4.30. The van der Waals surface area contributed by atoms with Gasteiger partial charge in [-0.3, -0.25) is 9.69 Å². The van der Waals surface area contributed by atoms with Crippen molar-refractivity contribution < 1.29 is 0 Å². The molecule has 2 heterocycles. The zero-order valence-corrected chi connectivity index (χ0v) is 13.3. The highest BCUT2D eigenvalue weighted by Crippen LogP contribution is 2.26. The normalized spacial score (nSPS) is 17.4. The highest BCUT2D eigenvalue weighted by atomic mass is 16.1. The zero-order valence-electron chi connectivity index (χ0n) is 13.3. The molecular weight excluding hydrogens is 274 g/mol. The van der Waals surface area contributed by atoms with Gasteiger partial charge in [0.15, 0.2) is 0 Å². The number of hydrogen-bond acceptors (Lipinski definition) is 3. The topological polar surface area (TPSA) is 38.1 Å². The molecule has 4 heteroatoms. The van der Waals surface area contributed by atoms with Crippen molar-refractivity contribution in [2.45, 2.75) is 32.2 Å². The average molecular weight is 297 g/mol. The number of piperidine rings is 1. The van der Waals surface area contributed by atoms with Gasteiger partial charge in [0, 0.05) is 24.7 Å². The third-order valence-corrected chi connectivity index (χ3v) is 4.59. The Morgan fingerprint density at radius 2 is 1.68 bits per heavy atom. The Kier molecular flexibility index (Phi) is 4.39. The predicted molar refractivity (Wildman–Crippen MR) is 88.8 cm³/mol. The van der Waals surface area contributed by atoms with Crippen molar-refractivity contribution in [1.82, 2.24) is 14.7 Å². The maximum Gasteiger partial charge on any atom is 0.266 e. The minimum Gasteiger partial charge on any atom is -0.297 e. The molecule has 1 aromatic carbocycles. The second kappa shape index (κ2) is 6.44. The molecule has 1 aliphatic heterocycles. The fraction of sp³-hybridized carbons (Fsp3) is 0.444. The SMILES string of the molecule is CC(c1ccc(-c2ccc(=O)n(C)n2)cc1)N1CCCCC1. The van der Waals surface area contributed by atoms with Crippen LogP contribution in [-0.4, -0.2) is 27.8 Å². The first kappa shape index (κ1) is 15.0. The minimum absolute atomic E-state index is 0.0842. The third-order valence-electron chi connectivity index (χ3n) is 4.59. The molecule has 0 aliphatic carbocycles. The highest BCUT2D eigenvalue weighted by molar-refractivity contribution is 5.58. The second-order valence-corrected chi connectivity index (χ2v) is 6.08. The largest absolute Gasteiger partial charge is 0.297 e. The molecule has 0 bridgehead atoms. The van der Waals surface area contributed by atoms with E-state index in [0.717, 1.165) is 11.3 Å². The van der Waals surface area contributed by atoms with E-state index in [0.29, 0.717) is 6.04 Å². The minimum atomic E-state index is -0.0842. The van der Waals surface area contributed by atoms with Gasteiger partial charge in [-0.2, -0.15) is 5.10 Å². The Hall–Kier alpha value is -1.94. The van der Waals surface area contributed by atoms with E-state index in [1.165, 1.54) is 42.6 Å². The quantitative estimate of drug-likeness (QED) is 0.874. The van der Waals surface area contributed by atoms with E-state index < -0.39 is 0 Å². The van der Waals surface area contributed by atoms with Crippen LogP contribution in [0.3, 0.4) is 0 Å². The lowest BCUT2D eigenvalue weighted by Gasteiger charge is -2.32. The zero-order chi connectivity index (χ0) is 15.5. The van der Waals surface area contributed by atoms with Crippen LogP contribution in [0.15, 0.2) is 41.2 Å². The Balaban J connectivity index is 1.79. The summed E-state index contributed by atoms with van der Waals surface area (Å²) >= 11 is 0. The number of aryl methyl sites for hydroxylation is 1. The van der Waals surface area contributed by atoms with Gasteiger partial charge in [0.05, 0.1) is 5.69 Å². The van der Waals surface area contributed by atoms with Crippen LogP contribution in [0.1, 0.15) is 37.8 Å². The van der Waals surface area contributed by atoms with Gasteiger partial charge in [-0.05, 0) is 44.5 Å². The fourth-order valence-corrected chi connectivity index (χ4v) is 3.11. The van der Waals surface area contributed by atoms with Crippen molar-refractivity contribution in [1.29, 1.82) is 0 Å². The van der Waals surface area contributed by atoms with Gasteiger partial charge < -0.3 is 0 Å². The van der Waals surface area contributed by atoms with Crippen molar-refractivity contribution in [2.75, 3.05) is 13.1 Å². The molecule has 1 saturated heterocycles. The molecule has 1 atom stereocenters. The summed E-state index contributed by atoms with van der Waals surface area (Å²) in [5.74, 6) is 0. The number of aromatic nitrogens is 2. The van der Waals surface area contributed by atoms with Gasteiger partial charge in [0.25, 0.3) is 5.56 Å². The summed E-state index contributed by atoms with van der Waals surface area (Å²) in [5.41, 5.74) is 3.14. The molecule has 0 N–H and O–H groups in total. The molecule has 2 aromatic rings. The Morgan fingerprint density at radius 3 is 2.32 bits per heavy atom. The van der Waals surface area contributed by atoms with Crippen molar-refractivity contribution in [3.05, 3.63) is 52.3 Å². The van der Waals surface area contributed by atoms with Crippen molar-refractivity contribution >= 4 is 0 Å². The maximum absolute atomic E-state index is 11.4. The molecule has 0 radical (unpaired) electrons. The number of benzene rings is 1.